The fourth-order valence-electron chi connectivity index (χ4n) is 2.63. The highest BCUT2D eigenvalue weighted by atomic mass is 79.9. The first-order valence-corrected chi connectivity index (χ1v) is 7.23. The van der Waals surface area contributed by atoms with Gasteiger partial charge in [0.05, 0.1) is 0 Å². The second kappa shape index (κ2) is 4.67. The van der Waals surface area contributed by atoms with E-state index >= 15 is 0 Å². The van der Waals surface area contributed by atoms with E-state index in [1.165, 1.54) is 0 Å². The Kier molecular flexibility index (Phi) is 4.09. The zero-order chi connectivity index (χ0) is 12.6. The van der Waals surface area contributed by atoms with Crippen LogP contribution in [0.25, 0.3) is 0 Å². The summed E-state index contributed by atoms with van der Waals surface area (Å²) in [5, 5.41) is 4.14. The second-order valence-electron chi connectivity index (χ2n) is 6.12. The fraction of sp³-hybridized carbons (Fsp3) is 0.923. The third kappa shape index (κ3) is 2.44. The van der Waals surface area contributed by atoms with Gasteiger partial charge >= 0.3 is 0 Å². The fourth-order valence-corrected chi connectivity index (χ4v) is 2.96. The summed E-state index contributed by atoms with van der Waals surface area (Å²) in [6.45, 7) is 10.8. The maximum Gasteiger partial charge on any atom is 0.224 e. The lowest BCUT2D eigenvalue weighted by Crippen LogP contribution is -2.35. The second-order valence-corrected chi connectivity index (χ2v) is 6.91. The number of carbonyl (C=O) groups is 1. The van der Waals surface area contributed by atoms with Gasteiger partial charge in [-0.15, -0.1) is 0 Å². The lowest BCUT2D eigenvalue weighted by atomic mass is 10.0. The van der Waals surface area contributed by atoms with Crippen molar-refractivity contribution in [2.45, 2.75) is 53.5 Å². The average molecular weight is 290 g/mol. The predicted molar refractivity (Wildman–Crippen MR) is 71.7 cm³/mol. The van der Waals surface area contributed by atoms with Crippen LogP contribution in [0.5, 0.6) is 0 Å². The molecule has 0 aromatic carbocycles. The molecule has 1 atom stereocenters. The molecule has 1 rings (SSSR count). The molecule has 0 aliphatic heterocycles. The summed E-state index contributed by atoms with van der Waals surface area (Å²) in [4.78, 5) is 12.1. The average Bonchev–Trinajstić information content (AvgIpc) is 2.54. The lowest BCUT2D eigenvalue weighted by molar-refractivity contribution is -0.124. The minimum absolute atomic E-state index is 0.145. The van der Waals surface area contributed by atoms with Gasteiger partial charge in [-0.1, -0.05) is 43.6 Å². The van der Waals surface area contributed by atoms with Gasteiger partial charge in [-0.2, -0.15) is 0 Å². The summed E-state index contributed by atoms with van der Waals surface area (Å²) >= 11 is 3.41. The Morgan fingerprint density at radius 2 is 1.81 bits per heavy atom. The molecule has 1 aliphatic carbocycles. The standard InChI is InChI=1S/C13H24BrNO/c1-9(7-6-8-14)15-11(16)10-12(2,3)13(10,4)5/h9-10H,6-8H2,1-5H3,(H,15,16). The monoisotopic (exact) mass is 289 g/mol. The number of rotatable bonds is 5. The van der Waals surface area contributed by atoms with E-state index in [-0.39, 0.29) is 28.7 Å². The molecule has 1 unspecified atom stereocenters. The molecule has 1 fully saturated rings. The third-order valence-electron chi connectivity index (χ3n) is 4.44. The smallest absolute Gasteiger partial charge is 0.224 e. The van der Waals surface area contributed by atoms with Crippen LogP contribution in [0.3, 0.4) is 0 Å². The van der Waals surface area contributed by atoms with Crippen molar-refractivity contribution in [3.63, 3.8) is 0 Å². The number of halogens is 1. The molecule has 0 spiro atoms. The lowest BCUT2D eigenvalue weighted by Gasteiger charge is -2.14. The van der Waals surface area contributed by atoms with Crippen LogP contribution in [0.15, 0.2) is 0 Å². The van der Waals surface area contributed by atoms with Gasteiger partial charge in [-0.05, 0) is 30.6 Å². The number of amides is 1. The molecule has 2 nitrogen and oxygen atoms in total. The van der Waals surface area contributed by atoms with Crippen molar-refractivity contribution < 1.29 is 4.79 Å². The molecular formula is C13H24BrNO. The van der Waals surface area contributed by atoms with Crippen LogP contribution in [0, 0.1) is 16.7 Å². The number of carbonyl (C=O) groups excluding carboxylic acids is 1. The summed E-state index contributed by atoms with van der Waals surface area (Å²) in [7, 11) is 0. The van der Waals surface area contributed by atoms with E-state index in [1.54, 1.807) is 0 Å². The summed E-state index contributed by atoms with van der Waals surface area (Å²) in [6.07, 6.45) is 2.16. The van der Waals surface area contributed by atoms with E-state index in [0.717, 1.165) is 18.2 Å². The van der Waals surface area contributed by atoms with Crippen LogP contribution in [-0.4, -0.2) is 17.3 Å². The number of hydrogen-bond donors (Lipinski definition) is 1. The van der Waals surface area contributed by atoms with Crippen molar-refractivity contribution in [2.24, 2.45) is 16.7 Å². The highest BCUT2D eigenvalue weighted by molar-refractivity contribution is 9.09. The van der Waals surface area contributed by atoms with Crippen molar-refractivity contribution >= 4 is 21.8 Å². The number of nitrogens with one attached hydrogen (secondary N) is 1. The first-order valence-electron chi connectivity index (χ1n) is 6.11. The van der Waals surface area contributed by atoms with Gasteiger partial charge in [0.1, 0.15) is 0 Å². The highest BCUT2D eigenvalue weighted by Crippen LogP contribution is 2.68. The van der Waals surface area contributed by atoms with Gasteiger partial charge in [0, 0.05) is 17.3 Å². The van der Waals surface area contributed by atoms with E-state index < -0.39 is 0 Å². The van der Waals surface area contributed by atoms with Crippen LogP contribution in [0.4, 0.5) is 0 Å². The Labute approximate surface area is 108 Å². The maximum absolute atomic E-state index is 12.1. The highest BCUT2D eigenvalue weighted by Gasteiger charge is 2.68. The normalized spacial score (nSPS) is 23.9. The Morgan fingerprint density at radius 3 is 2.19 bits per heavy atom. The molecule has 3 heteroatoms. The molecule has 1 amide bonds. The van der Waals surface area contributed by atoms with Gasteiger partial charge in [-0.3, -0.25) is 4.79 Å². The Bertz CT molecular complexity index is 259. The van der Waals surface area contributed by atoms with Gasteiger partial charge in [-0.25, -0.2) is 0 Å². The van der Waals surface area contributed by atoms with Crippen LogP contribution in [0.2, 0.25) is 0 Å². The van der Waals surface area contributed by atoms with Crippen molar-refractivity contribution in [1.82, 2.24) is 5.32 Å². The van der Waals surface area contributed by atoms with Gasteiger partial charge in [0.25, 0.3) is 0 Å². The van der Waals surface area contributed by atoms with Crippen LogP contribution in [0.1, 0.15) is 47.5 Å². The van der Waals surface area contributed by atoms with E-state index in [1.807, 2.05) is 0 Å². The van der Waals surface area contributed by atoms with E-state index in [9.17, 15) is 4.79 Å². The number of alkyl halides is 1. The summed E-state index contributed by atoms with van der Waals surface area (Å²) < 4.78 is 0. The Morgan fingerprint density at radius 1 is 1.31 bits per heavy atom. The first kappa shape index (κ1) is 14.0. The van der Waals surface area contributed by atoms with Crippen molar-refractivity contribution in [3.8, 4) is 0 Å². The van der Waals surface area contributed by atoms with Crippen molar-refractivity contribution in [2.75, 3.05) is 5.33 Å². The zero-order valence-electron chi connectivity index (χ0n) is 11.1. The summed E-state index contributed by atoms with van der Waals surface area (Å²) in [5.74, 6) is 0.406. The zero-order valence-corrected chi connectivity index (χ0v) is 12.6. The molecular weight excluding hydrogens is 266 g/mol. The van der Waals surface area contributed by atoms with Gasteiger partial charge < -0.3 is 5.32 Å². The third-order valence-corrected chi connectivity index (χ3v) is 5.00. The molecule has 0 aromatic heterocycles. The van der Waals surface area contributed by atoms with Gasteiger partial charge in [0.15, 0.2) is 0 Å². The molecule has 1 saturated carbocycles. The topological polar surface area (TPSA) is 29.1 Å². The van der Waals surface area contributed by atoms with Gasteiger partial charge in [0.2, 0.25) is 5.91 Å². The minimum Gasteiger partial charge on any atom is -0.353 e. The molecule has 0 radical (unpaired) electrons. The van der Waals surface area contributed by atoms with E-state index in [2.05, 4.69) is 55.9 Å². The molecule has 1 N–H and O–H groups in total. The molecule has 0 saturated heterocycles. The molecule has 0 heterocycles. The molecule has 94 valence electrons. The molecule has 1 aliphatic rings. The molecule has 0 bridgehead atoms. The van der Waals surface area contributed by atoms with E-state index in [0.29, 0.717) is 0 Å². The van der Waals surface area contributed by atoms with Crippen LogP contribution >= 0.6 is 15.9 Å². The van der Waals surface area contributed by atoms with Crippen molar-refractivity contribution in [3.05, 3.63) is 0 Å². The van der Waals surface area contributed by atoms with Crippen molar-refractivity contribution in [1.29, 1.82) is 0 Å². The predicted octanol–water partition coefficient (Wildman–Crippen LogP) is 3.35. The summed E-state index contributed by atoms with van der Waals surface area (Å²) in [5.41, 5.74) is 0.290. The largest absolute Gasteiger partial charge is 0.353 e. The van der Waals surface area contributed by atoms with Crippen LogP contribution < -0.4 is 5.32 Å². The van der Waals surface area contributed by atoms with E-state index in [4.69, 9.17) is 0 Å². The molecule has 16 heavy (non-hydrogen) atoms. The molecule has 0 aromatic rings. The maximum atomic E-state index is 12.1. The number of hydrogen-bond acceptors (Lipinski definition) is 1. The van der Waals surface area contributed by atoms with Crippen LogP contribution in [-0.2, 0) is 4.79 Å². The SMILES string of the molecule is CC(CCCBr)NC(=O)C1C(C)(C)C1(C)C. The Balaban J connectivity index is 2.44. The minimum atomic E-state index is 0.145. The Hall–Kier alpha value is -0.0500. The quantitative estimate of drug-likeness (QED) is 0.773. The summed E-state index contributed by atoms with van der Waals surface area (Å²) in [6, 6.07) is 0.289. The first-order chi connectivity index (χ1) is 7.25.